The van der Waals surface area contributed by atoms with E-state index in [0.29, 0.717) is 24.3 Å². The van der Waals surface area contributed by atoms with Crippen molar-refractivity contribution in [1.82, 2.24) is 0 Å². The fourth-order valence-corrected chi connectivity index (χ4v) is 10.0. The molecule has 34 heavy (non-hydrogen) atoms. The number of carbonyl (C=O) groups excluding carboxylic acids is 4. The molecule has 0 aliphatic carbocycles. The van der Waals surface area contributed by atoms with E-state index in [1.165, 1.54) is 51.4 Å². The zero-order valence-corrected chi connectivity index (χ0v) is 26.8. The van der Waals surface area contributed by atoms with Crippen molar-refractivity contribution < 1.29 is 39.6 Å². The molecule has 0 N–H and O–H groups in total. The number of carboxylic acid groups (broad SMARTS) is 4. The van der Waals surface area contributed by atoms with Gasteiger partial charge in [0.15, 0.2) is 0 Å². The molecule has 0 atom stereocenters. The molecule has 0 aliphatic heterocycles. The van der Waals surface area contributed by atoms with Gasteiger partial charge in [-0.05, 0) is 24.3 Å². The third-order valence-corrected chi connectivity index (χ3v) is 11.6. The van der Waals surface area contributed by atoms with Crippen LogP contribution in [0.2, 0.25) is 17.7 Å². The molecule has 0 aliphatic rings. The summed E-state index contributed by atoms with van der Waals surface area (Å²) in [4.78, 5) is 37.7. The van der Waals surface area contributed by atoms with Crippen LogP contribution in [0.4, 0.5) is 0 Å². The average Bonchev–Trinajstić information content (AvgIpc) is 2.77. The molecule has 0 spiro atoms. The fraction of sp³-hybridized carbons (Fsp3) is 0.667. The van der Waals surface area contributed by atoms with Gasteiger partial charge in [-0.3, -0.25) is 0 Å². The number of aliphatic carboxylic acids is 4. The first-order valence-corrected chi connectivity index (χ1v) is 19.8. The van der Waals surface area contributed by atoms with Gasteiger partial charge in [-0.15, -0.1) is 0 Å². The zero-order chi connectivity index (χ0) is 27.0. The van der Waals surface area contributed by atoms with E-state index in [2.05, 4.69) is 27.7 Å². The maximum absolute atomic E-state index is 9.41. The Balaban J connectivity index is -0.000000177. The Morgan fingerprint density at radius 1 is 0.471 bits per heavy atom. The second kappa shape index (κ2) is 36.5. The molecule has 10 heteroatoms. The van der Waals surface area contributed by atoms with Crippen molar-refractivity contribution in [2.24, 2.45) is 0 Å². The van der Waals surface area contributed by atoms with Gasteiger partial charge in [-0.1, -0.05) is 0 Å². The van der Waals surface area contributed by atoms with Crippen LogP contribution in [0, 0.1) is 0 Å². The number of unbranched alkanes of at least 4 members (excludes halogenated alkanes) is 4. The molecule has 192 valence electrons. The molecule has 0 radical (unpaired) electrons. The van der Waals surface area contributed by atoms with Gasteiger partial charge in [-0.2, -0.15) is 0 Å². The van der Waals surface area contributed by atoms with E-state index < -0.39 is 23.9 Å². The van der Waals surface area contributed by atoms with Crippen molar-refractivity contribution in [2.45, 2.75) is 96.8 Å². The second-order valence-corrected chi connectivity index (χ2v) is 15.4. The summed E-state index contributed by atoms with van der Waals surface area (Å²) in [5.74, 6) is -6.19. The Bertz CT molecular complexity index is 457. The number of carboxylic acids is 4. The van der Waals surface area contributed by atoms with E-state index in [1.54, 1.807) is 17.7 Å². The smallest absolute Gasteiger partial charge is 0.0643 e. The van der Waals surface area contributed by atoms with Crippen LogP contribution in [0.1, 0.15) is 79.1 Å². The Labute approximate surface area is 225 Å². The van der Waals surface area contributed by atoms with Crippen LogP contribution in [0.25, 0.3) is 0 Å². The molecule has 0 rings (SSSR count). The van der Waals surface area contributed by atoms with Crippen LogP contribution < -0.4 is 20.4 Å². The van der Waals surface area contributed by atoms with Crippen LogP contribution >= 0.6 is 0 Å². The third kappa shape index (κ3) is 63.3. The summed E-state index contributed by atoms with van der Waals surface area (Å²) in [6, 6.07) is 0. The van der Waals surface area contributed by atoms with Gasteiger partial charge >= 0.3 is 139 Å². The van der Waals surface area contributed by atoms with Crippen molar-refractivity contribution >= 4 is 66.2 Å². The summed E-state index contributed by atoms with van der Waals surface area (Å²) in [7, 11) is 0. The Kier molecular flexibility index (Phi) is 43.1. The molecule has 0 aromatic rings. The van der Waals surface area contributed by atoms with Crippen molar-refractivity contribution in [3.63, 3.8) is 0 Å². The molecule has 0 fully saturated rings. The molecule has 0 amide bonds. The second-order valence-electron chi connectivity index (χ2n) is 6.86. The molecule has 0 aromatic carbocycles. The van der Waals surface area contributed by atoms with E-state index in [9.17, 15) is 39.6 Å². The van der Waals surface area contributed by atoms with E-state index in [-0.39, 0.29) is 42.3 Å². The molecular weight excluding hydrogens is 654 g/mol. The van der Waals surface area contributed by atoms with Gasteiger partial charge in [0.2, 0.25) is 0 Å². The van der Waals surface area contributed by atoms with Crippen molar-refractivity contribution in [3.8, 4) is 0 Å². The minimum Gasteiger partial charge on any atom is -0.545 e. The predicted molar refractivity (Wildman–Crippen MR) is 129 cm³/mol. The zero-order valence-electron chi connectivity index (χ0n) is 21.1. The van der Waals surface area contributed by atoms with Crippen molar-refractivity contribution in [3.05, 3.63) is 24.3 Å². The van der Waals surface area contributed by atoms with E-state index >= 15 is 0 Å². The normalized spacial score (nSPS) is 9.29. The van der Waals surface area contributed by atoms with E-state index in [4.69, 9.17) is 0 Å². The topological polar surface area (TPSA) is 161 Å². The number of hydrogen-bond acceptors (Lipinski definition) is 8. The summed E-state index contributed by atoms with van der Waals surface area (Å²) < 4.78 is 6.50. The first-order valence-electron chi connectivity index (χ1n) is 11.7. The summed E-state index contributed by atoms with van der Waals surface area (Å²) in [6.07, 6.45) is 13.2. The molecule has 0 bridgehead atoms. The number of carbonyl (C=O) groups is 4. The first kappa shape index (κ1) is 40.1. The van der Waals surface area contributed by atoms with Gasteiger partial charge in [-0.25, -0.2) is 0 Å². The summed E-state index contributed by atoms with van der Waals surface area (Å²) in [5.41, 5.74) is 0. The van der Waals surface area contributed by atoms with Crippen LogP contribution in [0.15, 0.2) is 24.3 Å². The van der Waals surface area contributed by atoms with Crippen LogP contribution in [-0.4, -0.2) is 66.2 Å². The largest absolute Gasteiger partial charge is 0.545 e. The number of rotatable bonds is 16. The standard InChI is InChI=1S/2C4H4O4.4C4H9.2Sn/c2*5-3(6)1-2-4(7)8;4*1-3-4-2;;/h2*1-2H,(H,5,6)(H,7,8);4*1,3-4H2,2H3;;/q;;;;;;2*+2/p-4/b2*2-1+;;;;;;. The third-order valence-electron chi connectivity index (χ3n) is 3.54. The molecule has 0 saturated carbocycles. The molecule has 0 saturated heterocycles. The maximum atomic E-state index is 9.41. The average molecular weight is 694 g/mol. The minimum atomic E-state index is -1.55. The number of hydrogen-bond donors (Lipinski definition) is 0. The summed E-state index contributed by atoms with van der Waals surface area (Å²) in [5, 5.41) is 37.7. The molecule has 0 unspecified atom stereocenters. The Morgan fingerprint density at radius 2 is 0.647 bits per heavy atom. The fourth-order valence-electron chi connectivity index (χ4n) is 1.73. The molecular formula is C24H40O8Sn2. The Morgan fingerprint density at radius 3 is 0.765 bits per heavy atom. The first-order chi connectivity index (χ1) is 16.1. The van der Waals surface area contributed by atoms with Crippen LogP contribution in [0.3, 0.4) is 0 Å². The van der Waals surface area contributed by atoms with Crippen molar-refractivity contribution in [1.29, 1.82) is 0 Å². The Hall–Kier alpha value is -1.04. The summed E-state index contributed by atoms with van der Waals surface area (Å²) >= 11 is 0.299. The monoisotopic (exact) mass is 696 g/mol. The van der Waals surface area contributed by atoms with Crippen LogP contribution in [-0.2, 0) is 19.2 Å². The summed E-state index contributed by atoms with van der Waals surface area (Å²) in [6.45, 7) is 9.16. The molecule has 0 heterocycles. The van der Waals surface area contributed by atoms with Crippen molar-refractivity contribution in [2.75, 3.05) is 0 Å². The molecule has 8 nitrogen and oxygen atoms in total. The predicted octanol–water partition coefficient (Wildman–Crippen LogP) is 0.340. The van der Waals surface area contributed by atoms with E-state index in [1.807, 2.05) is 0 Å². The minimum absolute atomic E-state index is 0.149. The van der Waals surface area contributed by atoms with Gasteiger partial charge < -0.3 is 39.6 Å². The van der Waals surface area contributed by atoms with Gasteiger partial charge in [0.1, 0.15) is 0 Å². The van der Waals surface area contributed by atoms with Gasteiger partial charge in [0.05, 0.1) is 23.9 Å². The van der Waals surface area contributed by atoms with E-state index in [0.717, 1.165) is 0 Å². The van der Waals surface area contributed by atoms with Crippen LogP contribution in [0.5, 0.6) is 0 Å². The quantitative estimate of drug-likeness (QED) is 0.127. The maximum Gasteiger partial charge on any atom is 0.0643 e. The molecule has 0 aromatic heterocycles. The van der Waals surface area contributed by atoms with Gasteiger partial charge in [0.25, 0.3) is 0 Å². The SMILES string of the molecule is CCC[CH2][Sn+2][CH2]CCC.CCC[CH2][Sn+2][CH2]CCC.O=C([O-])/C=C/C(=O)[O-].O=C([O-])/C=C/C(=O)[O-]. The van der Waals surface area contributed by atoms with Gasteiger partial charge in [0, 0.05) is 0 Å².